The predicted molar refractivity (Wildman–Crippen MR) is 113 cm³/mol. The van der Waals surface area contributed by atoms with Crippen molar-refractivity contribution >= 4 is 5.70 Å². The fourth-order valence-electron chi connectivity index (χ4n) is 3.65. The van der Waals surface area contributed by atoms with E-state index in [1.165, 1.54) is 0 Å². The summed E-state index contributed by atoms with van der Waals surface area (Å²) in [6.45, 7) is 1.85. The standard InChI is InChI=1S/C24H22N2O3/c1-16-7-5-8-18(23(16)28)24(19-15-17(29-2)11-12-22(19)27)13-6-10-21(26-24)20-9-3-4-14-25-20/h3-15,26-28H,1-2H3. The molecule has 3 aromatic rings. The van der Waals surface area contributed by atoms with Crippen LogP contribution in [0, 0.1) is 6.92 Å². The SMILES string of the molecule is COc1ccc(O)c(C2(c3cccc(C)c3O)C=CC=C(c3ccccn3)N2)c1. The number of para-hydroxylation sites is 1. The lowest BCUT2D eigenvalue weighted by molar-refractivity contribution is 0.402. The average molecular weight is 386 g/mol. The summed E-state index contributed by atoms with van der Waals surface area (Å²) in [4.78, 5) is 4.44. The Labute approximate surface area is 169 Å². The fraction of sp³-hybridized carbons (Fsp3) is 0.125. The quantitative estimate of drug-likeness (QED) is 0.625. The van der Waals surface area contributed by atoms with Crippen molar-refractivity contribution in [2.24, 2.45) is 0 Å². The predicted octanol–water partition coefficient (Wildman–Crippen LogP) is 4.25. The highest BCUT2D eigenvalue weighted by molar-refractivity contribution is 5.70. The second-order valence-corrected chi connectivity index (χ2v) is 6.94. The van der Waals surface area contributed by atoms with Gasteiger partial charge in [-0.15, -0.1) is 0 Å². The molecule has 146 valence electrons. The molecule has 5 nitrogen and oxygen atoms in total. The van der Waals surface area contributed by atoms with Gasteiger partial charge >= 0.3 is 0 Å². The van der Waals surface area contributed by atoms with E-state index in [1.807, 2.05) is 61.5 Å². The Balaban J connectivity index is 1.96. The van der Waals surface area contributed by atoms with Gasteiger partial charge in [0.2, 0.25) is 0 Å². The second-order valence-electron chi connectivity index (χ2n) is 6.94. The minimum atomic E-state index is -1.02. The normalized spacial score (nSPS) is 18.1. The van der Waals surface area contributed by atoms with Crippen molar-refractivity contribution in [1.29, 1.82) is 0 Å². The van der Waals surface area contributed by atoms with Gasteiger partial charge in [-0.3, -0.25) is 4.98 Å². The van der Waals surface area contributed by atoms with Gasteiger partial charge in [0.15, 0.2) is 0 Å². The van der Waals surface area contributed by atoms with Gasteiger partial charge < -0.3 is 20.3 Å². The van der Waals surface area contributed by atoms with E-state index in [2.05, 4.69) is 10.3 Å². The molecule has 0 saturated carbocycles. The van der Waals surface area contributed by atoms with Crippen molar-refractivity contribution in [3.63, 3.8) is 0 Å². The van der Waals surface area contributed by atoms with E-state index in [0.717, 1.165) is 17.0 Å². The lowest BCUT2D eigenvalue weighted by Crippen LogP contribution is -2.42. The first-order chi connectivity index (χ1) is 14.0. The van der Waals surface area contributed by atoms with Gasteiger partial charge in [0.05, 0.1) is 18.5 Å². The highest BCUT2D eigenvalue weighted by atomic mass is 16.5. The van der Waals surface area contributed by atoms with Gasteiger partial charge in [0.1, 0.15) is 22.8 Å². The van der Waals surface area contributed by atoms with Crippen LogP contribution in [0.1, 0.15) is 22.4 Å². The number of aromatic nitrogens is 1. The Morgan fingerprint density at radius 2 is 1.86 bits per heavy atom. The molecule has 1 aromatic heterocycles. The van der Waals surface area contributed by atoms with Gasteiger partial charge in [0.25, 0.3) is 0 Å². The lowest BCUT2D eigenvalue weighted by atomic mass is 9.79. The number of rotatable bonds is 4. The van der Waals surface area contributed by atoms with Crippen LogP contribution in [0.2, 0.25) is 0 Å². The van der Waals surface area contributed by atoms with E-state index >= 15 is 0 Å². The molecule has 29 heavy (non-hydrogen) atoms. The third-order valence-electron chi connectivity index (χ3n) is 5.17. The van der Waals surface area contributed by atoms with Gasteiger partial charge in [-0.1, -0.05) is 30.3 Å². The van der Waals surface area contributed by atoms with E-state index in [4.69, 9.17) is 4.74 Å². The fourth-order valence-corrected chi connectivity index (χ4v) is 3.65. The number of dihydropyridines is 1. The molecule has 0 amide bonds. The summed E-state index contributed by atoms with van der Waals surface area (Å²) in [5.74, 6) is 0.855. The van der Waals surface area contributed by atoms with Crippen LogP contribution >= 0.6 is 0 Å². The van der Waals surface area contributed by atoms with Gasteiger partial charge in [-0.05, 0) is 55.0 Å². The molecule has 0 radical (unpaired) electrons. The number of benzene rings is 2. The first kappa shape index (κ1) is 18.6. The first-order valence-electron chi connectivity index (χ1n) is 9.31. The van der Waals surface area contributed by atoms with Crippen LogP contribution in [-0.4, -0.2) is 22.3 Å². The smallest absolute Gasteiger partial charge is 0.124 e. The Hall–Kier alpha value is -3.73. The topological polar surface area (TPSA) is 74.6 Å². The number of hydrogen-bond donors (Lipinski definition) is 3. The summed E-state index contributed by atoms with van der Waals surface area (Å²) < 4.78 is 5.39. The van der Waals surface area contributed by atoms with Crippen molar-refractivity contribution in [2.75, 3.05) is 7.11 Å². The van der Waals surface area contributed by atoms with Crippen LogP contribution in [0.25, 0.3) is 5.70 Å². The maximum absolute atomic E-state index is 10.9. The third-order valence-corrected chi connectivity index (χ3v) is 5.17. The third kappa shape index (κ3) is 3.21. The number of nitrogens with zero attached hydrogens (tertiary/aromatic N) is 1. The van der Waals surface area contributed by atoms with Crippen molar-refractivity contribution in [2.45, 2.75) is 12.5 Å². The minimum Gasteiger partial charge on any atom is -0.508 e. The van der Waals surface area contributed by atoms with Crippen molar-refractivity contribution in [3.8, 4) is 17.2 Å². The Kier molecular flexibility index (Phi) is 4.72. The molecule has 3 N–H and O–H groups in total. The van der Waals surface area contributed by atoms with Crippen LogP contribution in [-0.2, 0) is 5.54 Å². The number of phenolic OH excluding ortho intramolecular Hbond substituents is 2. The summed E-state index contributed by atoms with van der Waals surface area (Å²) in [7, 11) is 1.58. The summed E-state index contributed by atoms with van der Waals surface area (Å²) in [5, 5.41) is 25.2. The molecule has 1 atom stereocenters. The van der Waals surface area contributed by atoms with Crippen LogP contribution < -0.4 is 10.1 Å². The number of allylic oxidation sites excluding steroid dienone is 2. The minimum absolute atomic E-state index is 0.0890. The van der Waals surface area contributed by atoms with E-state index < -0.39 is 5.54 Å². The molecule has 2 aromatic carbocycles. The second kappa shape index (κ2) is 7.36. The average Bonchev–Trinajstić information content (AvgIpc) is 2.76. The number of phenols is 2. The molecule has 2 heterocycles. The molecule has 1 aliphatic heterocycles. The van der Waals surface area contributed by atoms with E-state index in [9.17, 15) is 10.2 Å². The number of aromatic hydroxyl groups is 2. The number of methoxy groups -OCH3 is 1. The van der Waals surface area contributed by atoms with Crippen molar-refractivity contribution in [3.05, 3.63) is 101 Å². The zero-order valence-electron chi connectivity index (χ0n) is 16.3. The first-order valence-corrected chi connectivity index (χ1v) is 9.31. The molecule has 1 unspecified atom stereocenters. The molecule has 0 bridgehead atoms. The molecule has 0 aliphatic carbocycles. The molecule has 5 heteroatoms. The molecule has 4 rings (SSSR count). The van der Waals surface area contributed by atoms with Crippen molar-refractivity contribution < 1.29 is 14.9 Å². The number of ether oxygens (including phenoxy) is 1. The summed E-state index contributed by atoms with van der Waals surface area (Å²) in [6.07, 6.45) is 7.47. The highest BCUT2D eigenvalue weighted by Crippen LogP contribution is 2.45. The maximum atomic E-state index is 10.9. The number of hydrogen-bond acceptors (Lipinski definition) is 5. The molecule has 0 spiro atoms. The van der Waals surface area contributed by atoms with Gasteiger partial charge in [-0.25, -0.2) is 0 Å². The number of nitrogens with one attached hydrogen (secondary N) is 1. The zero-order valence-corrected chi connectivity index (χ0v) is 16.3. The van der Waals surface area contributed by atoms with Crippen LogP contribution in [0.3, 0.4) is 0 Å². The zero-order chi connectivity index (χ0) is 20.4. The summed E-state index contributed by atoms with van der Waals surface area (Å²) in [5.41, 5.74) is 2.45. The summed E-state index contributed by atoms with van der Waals surface area (Å²) in [6, 6.07) is 16.3. The van der Waals surface area contributed by atoms with E-state index in [0.29, 0.717) is 16.9 Å². The lowest BCUT2D eigenvalue weighted by Gasteiger charge is -2.38. The number of pyridine rings is 1. The molecular weight excluding hydrogens is 364 g/mol. The van der Waals surface area contributed by atoms with Crippen molar-refractivity contribution in [1.82, 2.24) is 10.3 Å². The highest BCUT2D eigenvalue weighted by Gasteiger charge is 2.39. The van der Waals surface area contributed by atoms with Crippen LogP contribution in [0.5, 0.6) is 17.2 Å². The summed E-state index contributed by atoms with van der Waals surface area (Å²) >= 11 is 0. The van der Waals surface area contributed by atoms with Crippen LogP contribution in [0.15, 0.2) is 79.0 Å². The number of aryl methyl sites for hydroxylation is 1. The van der Waals surface area contributed by atoms with E-state index in [-0.39, 0.29) is 11.5 Å². The monoisotopic (exact) mass is 386 g/mol. The largest absolute Gasteiger partial charge is 0.508 e. The van der Waals surface area contributed by atoms with Gasteiger partial charge in [-0.2, -0.15) is 0 Å². The van der Waals surface area contributed by atoms with E-state index in [1.54, 1.807) is 31.5 Å². The van der Waals surface area contributed by atoms with Crippen LogP contribution in [0.4, 0.5) is 0 Å². The maximum Gasteiger partial charge on any atom is 0.124 e. The molecule has 1 aliphatic rings. The Morgan fingerprint density at radius 3 is 2.62 bits per heavy atom. The Morgan fingerprint density at radius 1 is 1.00 bits per heavy atom. The molecule has 0 saturated heterocycles. The van der Waals surface area contributed by atoms with Gasteiger partial charge in [0, 0.05) is 17.3 Å². The molecular formula is C24H22N2O3. The molecule has 0 fully saturated rings. The Bertz CT molecular complexity index is 1110.